The van der Waals surface area contributed by atoms with Gasteiger partial charge in [-0.15, -0.1) is 0 Å². The number of hydrogen-bond donors (Lipinski definition) is 1. The van der Waals surface area contributed by atoms with Crippen LogP contribution in [-0.2, 0) is 26.7 Å². The Labute approximate surface area is 243 Å². The predicted octanol–water partition coefficient (Wildman–Crippen LogP) is 5.50. The van der Waals surface area contributed by atoms with Gasteiger partial charge in [0.05, 0.1) is 42.8 Å². The van der Waals surface area contributed by atoms with Gasteiger partial charge in [0.15, 0.2) is 11.5 Å². The first-order chi connectivity index (χ1) is 19.4. The van der Waals surface area contributed by atoms with Crippen LogP contribution in [0.4, 0.5) is 5.69 Å². The minimum atomic E-state index is -3.03. The zero-order valence-electron chi connectivity index (χ0n) is 24.4. The van der Waals surface area contributed by atoms with Crippen molar-refractivity contribution in [2.24, 2.45) is 5.92 Å². The lowest BCUT2D eigenvalue weighted by molar-refractivity contribution is -0.118. The van der Waals surface area contributed by atoms with Crippen molar-refractivity contribution in [2.75, 3.05) is 23.5 Å². The maximum Gasteiger partial charge on any atom is 0.232 e. The zero-order chi connectivity index (χ0) is 29.5. The number of nitrogens with zero attached hydrogens (tertiary/aromatic N) is 1. The smallest absolute Gasteiger partial charge is 0.232 e. The number of ether oxygens (including phenoxy) is 2. The number of sulfone groups is 1. The van der Waals surface area contributed by atoms with Gasteiger partial charge in [-0.3, -0.25) is 4.79 Å². The molecule has 3 aromatic rings. The molecule has 7 nitrogen and oxygen atoms in total. The molecule has 0 aliphatic carbocycles. The summed E-state index contributed by atoms with van der Waals surface area (Å²) < 4.78 is 35.6. The van der Waals surface area contributed by atoms with E-state index in [0.717, 1.165) is 27.9 Å². The monoisotopic (exact) mass is 577 g/mol. The summed E-state index contributed by atoms with van der Waals surface area (Å²) in [5, 5.41) is 11.5. The summed E-state index contributed by atoms with van der Waals surface area (Å²) in [7, 11) is -1.43. The van der Waals surface area contributed by atoms with Gasteiger partial charge in [-0.2, -0.15) is 0 Å². The van der Waals surface area contributed by atoms with E-state index < -0.39 is 15.4 Å². The van der Waals surface area contributed by atoms with Crippen LogP contribution in [0.1, 0.15) is 67.5 Å². The molecule has 0 unspecified atom stereocenters. The Kier molecular flexibility index (Phi) is 7.92. The second kappa shape index (κ2) is 11.1. The van der Waals surface area contributed by atoms with Crippen molar-refractivity contribution in [3.8, 4) is 11.5 Å². The number of aryl methyl sites for hydroxylation is 1. The molecule has 218 valence electrons. The number of rotatable bonds is 7. The van der Waals surface area contributed by atoms with E-state index in [2.05, 4.69) is 12.1 Å². The molecule has 41 heavy (non-hydrogen) atoms. The topological polar surface area (TPSA) is 93.1 Å². The van der Waals surface area contributed by atoms with Crippen LogP contribution in [-0.4, -0.2) is 44.2 Å². The third-order valence-electron chi connectivity index (χ3n) is 8.42. The van der Waals surface area contributed by atoms with Gasteiger partial charge in [0.2, 0.25) is 5.91 Å². The number of benzene rings is 3. The van der Waals surface area contributed by atoms with Gasteiger partial charge >= 0.3 is 0 Å². The molecule has 0 spiro atoms. The molecular formula is C33H39NO6S. The summed E-state index contributed by atoms with van der Waals surface area (Å²) >= 11 is 0. The van der Waals surface area contributed by atoms with Crippen LogP contribution in [0.5, 0.6) is 11.5 Å². The minimum Gasteiger partial charge on any atom is -0.493 e. The lowest BCUT2D eigenvalue weighted by Crippen LogP contribution is -2.41. The van der Waals surface area contributed by atoms with Gasteiger partial charge in [-0.05, 0) is 93.0 Å². The minimum absolute atomic E-state index is 0.0420. The molecular weight excluding hydrogens is 538 g/mol. The molecule has 3 aromatic carbocycles. The maximum absolute atomic E-state index is 13.8. The fourth-order valence-corrected chi connectivity index (χ4v) is 7.57. The summed E-state index contributed by atoms with van der Waals surface area (Å²) in [6.07, 6.45) is 1.02. The van der Waals surface area contributed by atoms with E-state index in [1.165, 1.54) is 0 Å². The van der Waals surface area contributed by atoms with E-state index in [-0.39, 0.29) is 41.9 Å². The molecule has 2 aliphatic heterocycles. The van der Waals surface area contributed by atoms with Crippen molar-refractivity contribution in [1.82, 2.24) is 0 Å². The second-order valence-corrected chi connectivity index (χ2v) is 14.0. The third kappa shape index (κ3) is 5.86. The fourth-order valence-electron chi connectivity index (χ4n) is 6.08. The van der Waals surface area contributed by atoms with E-state index in [9.17, 15) is 18.3 Å². The van der Waals surface area contributed by atoms with Crippen LogP contribution in [0.3, 0.4) is 0 Å². The molecule has 1 amide bonds. The normalized spacial score (nSPS) is 20.4. The van der Waals surface area contributed by atoms with Crippen LogP contribution < -0.4 is 14.4 Å². The number of carbonyl (C=O) groups is 1. The third-order valence-corrected chi connectivity index (χ3v) is 10.1. The second-order valence-electron chi connectivity index (χ2n) is 11.7. The largest absolute Gasteiger partial charge is 0.493 e. The van der Waals surface area contributed by atoms with Crippen LogP contribution in [0.2, 0.25) is 0 Å². The molecule has 1 fully saturated rings. The van der Waals surface area contributed by atoms with Gasteiger partial charge in [-0.25, -0.2) is 8.42 Å². The molecule has 8 heteroatoms. The first-order valence-electron chi connectivity index (χ1n) is 14.2. The number of amides is 1. The van der Waals surface area contributed by atoms with Gasteiger partial charge < -0.3 is 19.5 Å². The van der Waals surface area contributed by atoms with Crippen LogP contribution >= 0.6 is 0 Å². The van der Waals surface area contributed by atoms with Crippen molar-refractivity contribution in [3.63, 3.8) is 0 Å². The van der Waals surface area contributed by atoms with Crippen LogP contribution in [0.15, 0.2) is 60.7 Å². The first-order valence-corrected chi connectivity index (χ1v) is 16.0. The lowest BCUT2D eigenvalue weighted by atomic mass is 9.79. The highest BCUT2D eigenvalue weighted by Crippen LogP contribution is 2.44. The van der Waals surface area contributed by atoms with Crippen LogP contribution in [0.25, 0.3) is 0 Å². The highest BCUT2D eigenvalue weighted by molar-refractivity contribution is 7.91. The summed E-state index contributed by atoms with van der Waals surface area (Å²) in [4.78, 5) is 15.6. The highest BCUT2D eigenvalue weighted by atomic mass is 32.2. The summed E-state index contributed by atoms with van der Waals surface area (Å²) in [5.41, 5.74) is 4.23. The molecule has 5 rings (SSSR count). The molecule has 2 aliphatic rings. The Morgan fingerprint density at radius 1 is 0.976 bits per heavy atom. The molecule has 1 N–H and O–H groups in total. The fraction of sp³-hybridized carbons (Fsp3) is 0.424. The average molecular weight is 578 g/mol. The van der Waals surface area contributed by atoms with Crippen molar-refractivity contribution < 1.29 is 27.8 Å². The average Bonchev–Trinajstić information content (AvgIpc) is 2.92. The molecule has 0 saturated carbocycles. The van der Waals surface area contributed by atoms with Gasteiger partial charge in [0.1, 0.15) is 9.84 Å². The SMILES string of the molecule is COc1cc2c(cc1OC(C)C)[C@H](c1ccc(C)cc1)N(c1ccc([C@@](C)(O)C3CCS(=O)(=O)CC3)cc1)C(=O)C2. The van der Waals surface area contributed by atoms with Crippen LogP contribution in [0, 0.1) is 12.8 Å². The molecule has 2 atom stereocenters. The standard InChI is InChI=1S/C33H39NO6S/c1-21(2)40-30-20-28-24(18-29(30)39-5)19-31(35)34(32(28)23-8-6-22(3)7-9-23)27-12-10-25(11-13-27)33(4,36)26-14-16-41(37,38)17-15-26/h6-13,18,20-21,26,32,36H,14-17,19H2,1-5H3/t32-,33+/m0/s1. The van der Waals surface area contributed by atoms with Crippen molar-refractivity contribution >= 4 is 21.4 Å². The molecule has 0 bridgehead atoms. The van der Waals surface area contributed by atoms with E-state index >= 15 is 0 Å². The Balaban J connectivity index is 1.55. The Hall–Kier alpha value is -3.36. The summed E-state index contributed by atoms with van der Waals surface area (Å²) in [6, 6.07) is 19.2. The Bertz CT molecular complexity index is 1510. The first kappa shape index (κ1) is 29.1. The Morgan fingerprint density at radius 3 is 2.20 bits per heavy atom. The summed E-state index contributed by atoms with van der Waals surface area (Å²) in [5.74, 6) is 1.23. The molecule has 1 saturated heterocycles. The number of hydrogen-bond acceptors (Lipinski definition) is 6. The zero-order valence-corrected chi connectivity index (χ0v) is 25.2. The van der Waals surface area contributed by atoms with E-state index in [1.54, 1.807) is 14.0 Å². The highest BCUT2D eigenvalue weighted by Gasteiger charge is 2.39. The number of carbonyl (C=O) groups excluding carboxylic acids is 1. The van der Waals surface area contributed by atoms with Crippen molar-refractivity contribution in [2.45, 2.75) is 64.7 Å². The van der Waals surface area contributed by atoms with E-state index in [1.807, 2.05) is 74.2 Å². The van der Waals surface area contributed by atoms with E-state index in [4.69, 9.17) is 9.47 Å². The lowest BCUT2D eigenvalue weighted by Gasteiger charge is -2.39. The number of fused-ring (bicyclic) bond motifs is 1. The Morgan fingerprint density at radius 2 is 1.61 bits per heavy atom. The van der Waals surface area contributed by atoms with Crippen molar-refractivity contribution in [3.05, 3.63) is 88.5 Å². The van der Waals surface area contributed by atoms with Gasteiger partial charge in [0.25, 0.3) is 0 Å². The molecule has 2 heterocycles. The number of anilines is 1. The van der Waals surface area contributed by atoms with Gasteiger partial charge in [0, 0.05) is 5.69 Å². The molecule has 0 aromatic heterocycles. The molecule has 0 radical (unpaired) electrons. The number of aliphatic hydroxyl groups is 1. The predicted molar refractivity (Wildman–Crippen MR) is 160 cm³/mol. The van der Waals surface area contributed by atoms with E-state index in [0.29, 0.717) is 29.9 Å². The number of methoxy groups -OCH3 is 1. The quantitative estimate of drug-likeness (QED) is 0.399. The van der Waals surface area contributed by atoms with Gasteiger partial charge in [-0.1, -0.05) is 42.0 Å². The maximum atomic E-state index is 13.8. The van der Waals surface area contributed by atoms with Crippen molar-refractivity contribution in [1.29, 1.82) is 0 Å². The summed E-state index contributed by atoms with van der Waals surface area (Å²) in [6.45, 7) is 7.72.